The van der Waals surface area contributed by atoms with Crippen molar-refractivity contribution in [3.63, 3.8) is 0 Å². The van der Waals surface area contributed by atoms with E-state index in [1.807, 2.05) is 13.8 Å². The van der Waals surface area contributed by atoms with Crippen molar-refractivity contribution >= 4 is 26.0 Å². The Morgan fingerprint density at radius 2 is 1.21 bits per heavy atom. The molecule has 8 nitrogen and oxygen atoms in total. The molecule has 1 heterocycles. The Hall–Kier alpha value is -2.34. The van der Waals surface area contributed by atoms with E-state index in [1.54, 1.807) is 4.90 Å². The van der Waals surface area contributed by atoms with Crippen molar-refractivity contribution in [1.82, 2.24) is 13.5 Å². The van der Waals surface area contributed by atoms with Crippen LogP contribution in [0.25, 0.3) is 0 Å². The topological polar surface area (TPSA) is 95.1 Å². The molecule has 33 heavy (non-hydrogen) atoms. The van der Waals surface area contributed by atoms with Gasteiger partial charge in [-0.25, -0.2) is 21.2 Å². The van der Waals surface area contributed by atoms with Gasteiger partial charge in [0.25, 0.3) is 5.91 Å². The summed E-state index contributed by atoms with van der Waals surface area (Å²) in [6.07, 6.45) is 0.318. The number of amides is 1. The zero-order valence-corrected chi connectivity index (χ0v) is 20.3. The van der Waals surface area contributed by atoms with Crippen LogP contribution in [0.3, 0.4) is 0 Å². The van der Waals surface area contributed by atoms with E-state index in [1.165, 1.54) is 45.0 Å². The third kappa shape index (κ3) is 5.43. The molecule has 1 fully saturated rings. The van der Waals surface area contributed by atoms with Gasteiger partial charge in [-0.05, 0) is 68.8 Å². The van der Waals surface area contributed by atoms with Crippen molar-refractivity contribution in [2.24, 2.45) is 0 Å². The molecule has 1 aliphatic heterocycles. The highest BCUT2D eigenvalue weighted by Crippen LogP contribution is 2.22. The number of hydrogen-bond donors (Lipinski definition) is 0. The van der Waals surface area contributed by atoms with Gasteiger partial charge in [0, 0.05) is 44.8 Å². The normalized spacial score (nSPS) is 16.3. The molecule has 0 aromatic heterocycles. The second kappa shape index (κ2) is 10.3. The Labute approximate surface area is 194 Å². The summed E-state index contributed by atoms with van der Waals surface area (Å²) in [6, 6.07) is 10.4. The molecule has 1 aliphatic rings. The lowest BCUT2D eigenvalue weighted by Gasteiger charge is -2.22. The van der Waals surface area contributed by atoms with E-state index < -0.39 is 25.9 Å². The standard InChI is InChI=1S/C22H28FN3O5S2/c1-3-24(4-2)22(27)18-6-10-20(11-7-18)32(28,29)25-14-5-15-26(17-16-25)33(30,31)21-12-8-19(23)9-13-21/h6-13H,3-5,14-17H2,1-2H3. The number of benzene rings is 2. The fraction of sp³-hybridized carbons (Fsp3) is 0.409. The molecule has 11 heteroatoms. The lowest BCUT2D eigenvalue weighted by atomic mass is 10.2. The molecule has 3 rings (SSSR count). The number of hydrogen-bond acceptors (Lipinski definition) is 5. The molecule has 0 atom stereocenters. The summed E-state index contributed by atoms with van der Waals surface area (Å²) in [4.78, 5) is 14.1. The Bertz CT molecular complexity index is 1180. The van der Waals surface area contributed by atoms with Crippen LogP contribution >= 0.6 is 0 Å². The van der Waals surface area contributed by atoms with Crippen molar-refractivity contribution in [1.29, 1.82) is 0 Å². The summed E-state index contributed by atoms with van der Waals surface area (Å²) < 4.78 is 67.7. The number of sulfonamides is 2. The average molecular weight is 498 g/mol. The van der Waals surface area contributed by atoms with E-state index in [-0.39, 0.29) is 41.9 Å². The molecule has 0 aliphatic carbocycles. The molecular formula is C22H28FN3O5S2. The second-order valence-electron chi connectivity index (χ2n) is 7.62. The first kappa shape index (κ1) is 25.3. The lowest BCUT2D eigenvalue weighted by Crippen LogP contribution is -2.37. The van der Waals surface area contributed by atoms with Crippen molar-refractivity contribution in [2.75, 3.05) is 39.3 Å². The number of rotatable bonds is 7. The van der Waals surface area contributed by atoms with Crippen molar-refractivity contribution < 1.29 is 26.0 Å². The van der Waals surface area contributed by atoms with E-state index >= 15 is 0 Å². The summed E-state index contributed by atoms with van der Waals surface area (Å²) in [5.74, 6) is -0.702. The molecular weight excluding hydrogens is 469 g/mol. The van der Waals surface area contributed by atoms with Crippen LogP contribution in [0.4, 0.5) is 4.39 Å². The Morgan fingerprint density at radius 1 is 0.788 bits per heavy atom. The maximum Gasteiger partial charge on any atom is 0.253 e. The number of carbonyl (C=O) groups is 1. The minimum Gasteiger partial charge on any atom is -0.339 e. The van der Waals surface area contributed by atoms with Crippen LogP contribution in [-0.4, -0.2) is 75.5 Å². The van der Waals surface area contributed by atoms with Crippen LogP contribution in [0, 0.1) is 5.82 Å². The van der Waals surface area contributed by atoms with E-state index in [4.69, 9.17) is 0 Å². The fourth-order valence-electron chi connectivity index (χ4n) is 3.72. The summed E-state index contributed by atoms with van der Waals surface area (Å²) in [5.41, 5.74) is 0.407. The highest BCUT2D eigenvalue weighted by Gasteiger charge is 2.32. The summed E-state index contributed by atoms with van der Waals surface area (Å²) in [7, 11) is -7.72. The van der Waals surface area contributed by atoms with Gasteiger partial charge in [0.05, 0.1) is 9.79 Å². The minimum atomic E-state index is -3.86. The Balaban J connectivity index is 1.75. The second-order valence-corrected chi connectivity index (χ2v) is 11.5. The maximum absolute atomic E-state index is 13.2. The van der Waals surface area contributed by atoms with Crippen molar-refractivity contribution in [2.45, 2.75) is 30.1 Å². The zero-order chi connectivity index (χ0) is 24.2. The number of halogens is 1. The zero-order valence-electron chi connectivity index (χ0n) is 18.6. The van der Waals surface area contributed by atoms with Gasteiger partial charge in [0.1, 0.15) is 5.82 Å². The van der Waals surface area contributed by atoms with Crippen LogP contribution in [0.5, 0.6) is 0 Å². The number of nitrogens with zero attached hydrogens (tertiary/aromatic N) is 3. The molecule has 2 aromatic rings. The van der Waals surface area contributed by atoms with Gasteiger partial charge in [-0.1, -0.05) is 0 Å². The van der Waals surface area contributed by atoms with E-state index in [0.717, 1.165) is 12.1 Å². The van der Waals surface area contributed by atoms with Gasteiger partial charge in [-0.2, -0.15) is 8.61 Å². The Morgan fingerprint density at radius 3 is 1.64 bits per heavy atom. The SMILES string of the molecule is CCN(CC)C(=O)c1ccc(S(=O)(=O)N2CCCN(S(=O)(=O)c3ccc(F)cc3)CC2)cc1. The fourth-order valence-corrected chi connectivity index (χ4v) is 6.66. The summed E-state index contributed by atoms with van der Waals surface area (Å²) in [6.45, 7) is 5.15. The van der Waals surface area contributed by atoms with Crippen LogP contribution in [-0.2, 0) is 20.0 Å². The first-order chi connectivity index (χ1) is 15.6. The summed E-state index contributed by atoms with van der Waals surface area (Å²) >= 11 is 0. The van der Waals surface area contributed by atoms with Crippen LogP contribution in [0.1, 0.15) is 30.6 Å². The molecule has 2 aromatic carbocycles. The highest BCUT2D eigenvalue weighted by molar-refractivity contribution is 7.89. The smallest absolute Gasteiger partial charge is 0.253 e. The van der Waals surface area contributed by atoms with Gasteiger partial charge in [-0.15, -0.1) is 0 Å². The molecule has 1 saturated heterocycles. The Kier molecular flexibility index (Phi) is 7.88. The van der Waals surface area contributed by atoms with Crippen LogP contribution < -0.4 is 0 Å². The molecule has 180 valence electrons. The van der Waals surface area contributed by atoms with Crippen molar-refractivity contribution in [3.05, 3.63) is 59.9 Å². The first-order valence-electron chi connectivity index (χ1n) is 10.8. The monoisotopic (exact) mass is 497 g/mol. The summed E-state index contributed by atoms with van der Waals surface area (Å²) in [5, 5.41) is 0. The van der Waals surface area contributed by atoms with Gasteiger partial charge in [0.2, 0.25) is 20.0 Å². The molecule has 0 N–H and O–H groups in total. The largest absolute Gasteiger partial charge is 0.339 e. The number of carbonyl (C=O) groups excluding carboxylic acids is 1. The molecule has 1 amide bonds. The molecule has 0 bridgehead atoms. The minimum absolute atomic E-state index is 0.0110. The predicted molar refractivity (Wildman–Crippen MR) is 122 cm³/mol. The third-order valence-electron chi connectivity index (χ3n) is 5.65. The molecule has 0 saturated carbocycles. The van der Waals surface area contributed by atoms with E-state index in [9.17, 15) is 26.0 Å². The van der Waals surface area contributed by atoms with Crippen LogP contribution in [0.15, 0.2) is 58.3 Å². The highest BCUT2D eigenvalue weighted by atomic mass is 32.2. The molecule has 0 radical (unpaired) electrons. The lowest BCUT2D eigenvalue weighted by molar-refractivity contribution is 0.0773. The predicted octanol–water partition coefficient (Wildman–Crippen LogP) is 2.39. The first-order valence-corrected chi connectivity index (χ1v) is 13.6. The third-order valence-corrected chi connectivity index (χ3v) is 9.48. The quantitative estimate of drug-likeness (QED) is 0.586. The van der Waals surface area contributed by atoms with Gasteiger partial charge in [-0.3, -0.25) is 4.79 Å². The van der Waals surface area contributed by atoms with Crippen molar-refractivity contribution in [3.8, 4) is 0 Å². The van der Waals surface area contributed by atoms with Gasteiger partial charge in [0.15, 0.2) is 0 Å². The molecule has 0 spiro atoms. The average Bonchev–Trinajstić information content (AvgIpc) is 3.08. The van der Waals surface area contributed by atoms with E-state index in [2.05, 4.69) is 0 Å². The van der Waals surface area contributed by atoms with E-state index in [0.29, 0.717) is 25.1 Å². The van der Waals surface area contributed by atoms with Crippen LogP contribution in [0.2, 0.25) is 0 Å². The maximum atomic E-state index is 13.2. The van der Waals surface area contributed by atoms with Gasteiger partial charge < -0.3 is 4.90 Å². The molecule has 0 unspecified atom stereocenters. The van der Waals surface area contributed by atoms with Gasteiger partial charge >= 0.3 is 0 Å².